The molecule has 6 heteroatoms. The van der Waals surface area contributed by atoms with Gasteiger partial charge in [-0.05, 0) is 51.7 Å². The smallest absolute Gasteiger partial charge is 0.267 e. The molecule has 1 amide bonds. The van der Waals surface area contributed by atoms with E-state index in [1.165, 1.54) is 18.0 Å². The largest absolute Gasteiger partial charge is 0.334 e. The second-order valence-corrected chi connectivity index (χ2v) is 5.79. The van der Waals surface area contributed by atoms with E-state index in [0.29, 0.717) is 10.9 Å². The summed E-state index contributed by atoms with van der Waals surface area (Å²) >= 11 is 1.19. The highest BCUT2D eigenvalue weighted by Gasteiger charge is 2.26. The predicted molar refractivity (Wildman–Crippen MR) is 71.8 cm³/mol. The van der Waals surface area contributed by atoms with Gasteiger partial charge in [0.2, 0.25) is 0 Å². The van der Waals surface area contributed by atoms with Crippen LogP contribution in [0.25, 0.3) is 0 Å². The molecule has 1 saturated heterocycles. The van der Waals surface area contributed by atoms with Crippen molar-refractivity contribution < 1.29 is 4.79 Å². The van der Waals surface area contributed by atoms with Crippen molar-refractivity contribution in [1.29, 1.82) is 0 Å². The van der Waals surface area contributed by atoms with Crippen LogP contribution in [-0.4, -0.2) is 45.6 Å². The number of amides is 1. The quantitative estimate of drug-likeness (QED) is 0.898. The van der Waals surface area contributed by atoms with Crippen LogP contribution in [0.2, 0.25) is 0 Å². The third-order valence-electron chi connectivity index (χ3n) is 3.31. The molecule has 0 aliphatic carbocycles. The van der Waals surface area contributed by atoms with Crippen LogP contribution in [0.15, 0.2) is 0 Å². The zero-order valence-corrected chi connectivity index (χ0v) is 12.0. The molecule has 1 atom stereocenters. The normalized spacial score (nSPS) is 19.4. The van der Waals surface area contributed by atoms with Crippen LogP contribution >= 0.6 is 11.5 Å². The molecule has 0 spiro atoms. The Labute approximate surface area is 112 Å². The van der Waals surface area contributed by atoms with Gasteiger partial charge >= 0.3 is 0 Å². The molecule has 100 valence electrons. The summed E-state index contributed by atoms with van der Waals surface area (Å²) in [5, 5.41) is 7.35. The van der Waals surface area contributed by atoms with Gasteiger partial charge in [0, 0.05) is 18.6 Å². The monoisotopic (exact) mass is 268 g/mol. The molecule has 0 aromatic carbocycles. The molecule has 1 aromatic rings. The van der Waals surface area contributed by atoms with Crippen LogP contribution in [0.1, 0.15) is 42.1 Å². The SMILES string of the molecule is Cc1nnsc1C(=O)N(CC1CCCN1)C(C)C. The Bertz CT molecular complexity index is 412. The Morgan fingerprint density at radius 3 is 2.89 bits per heavy atom. The zero-order valence-electron chi connectivity index (χ0n) is 11.1. The van der Waals surface area contributed by atoms with Gasteiger partial charge in [0.1, 0.15) is 4.88 Å². The summed E-state index contributed by atoms with van der Waals surface area (Å²) in [4.78, 5) is 15.1. The number of rotatable bonds is 4. The maximum atomic E-state index is 12.5. The molecule has 1 unspecified atom stereocenters. The lowest BCUT2D eigenvalue weighted by atomic mass is 10.2. The van der Waals surface area contributed by atoms with Gasteiger partial charge in [0.05, 0.1) is 5.69 Å². The minimum atomic E-state index is 0.0613. The van der Waals surface area contributed by atoms with E-state index in [4.69, 9.17) is 0 Å². The molecule has 2 heterocycles. The minimum absolute atomic E-state index is 0.0613. The van der Waals surface area contributed by atoms with E-state index in [2.05, 4.69) is 28.8 Å². The summed E-state index contributed by atoms with van der Waals surface area (Å²) in [5.41, 5.74) is 0.732. The van der Waals surface area contributed by atoms with E-state index < -0.39 is 0 Å². The van der Waals surface area contributed by atoms with Crippen LogP contribution in [-0.2, 0) is 0 Å². The van der Waals surface area contributed by atoms with E-state index in [0.717, 1.165) is 25.2 Å². The van der Waals surface area contributed by atoms with Gasteiger partial charge in [0.25, 0.3) is 5.91 Å². The molecule has 1 N–H and O–H groups in total. The first-order valence-corrected chi connectivity index (χ1v) is 7.20. The number of aromatic nitrogens is 2. The van der Waals surface area contributed by atoms with Crippen LogP contribution in [0, 0.1) is 6.92 Å². The summed E-state index contributed by atoms with van der Waals surface area (Å²) < 4.78 is 3.84. The van der Waals surface area contributed by atoms with Crippen molar-refractivity contribution in [2.75, 3.05) is 13.1 Å². The van der Waals surface area contributed by atoms with E-state index >= 15 is 0 Å². The molecular weight excluding hydrogens is 248 g/mol. The summed E-state index contributed by atoms with van der Waals surface area (Å²) in [7, 11) is 0. The first-order chi connectivity index (χ1) is 8.59. The number of nitrogens with one attached hydrogen (secondary N) is 1. The number of carbonyl (C=O) groups is 1. The van der Waals surface area contributed by atoms with Crippen molar-refractivity contribution in [1.82, 2.24) is 19.8 Å². The molecule has 0 saturated carbocycles. The molecule has 1 aliphatic rings. The summed E-state index contributed by atoms with van der Waals surface area (Å²) in [6, 6.07) is 0.624. The van der Waals surface area contributed by atoms with Crippen LogP contribution < -0.4 is 5.32 Å². The predicted octanol–water partition coefficient (Wildman–Crippen LogP) is 1.45. The molecule has 5 nitrogen and oxygen atoms in total. The average molecular weight is 268 g/mol. The maximum absolute atomic E-state index is 12.5. The molecule has 1 fully saturated rings. The number of hydrogen-bond donors (Lipinski definition) is 1. The fraction of sp³-hybridized carbons (Fsp3) is 0.750. The first kappa shape index (κ1) is 13.4. The van der Waals surface area contributed by atoms with Crippen LogP contribution in [0.4, 0.5) is 0 Å². The summed E-state index contributed by atoms with van der Waals surface area (Å²) in [6.07, 6.45) is 2.35. The highest BCUT2D eigenvalue weighted by atomic mass is 32.1. The van der Waals surface area contributed by atoms with Gasteiger partial charge < -0.3 is 10.2 Å². The maximum Gasteiger partial charge on any atom is 0.267 e. The molecule has 18 heavy (non-hydrogen) atoms. The summed E-state index contributed by atoms with van der Waals surface area (Å²) in [5.74, 6) is 0.0613. The highest BCUT2D eigenvalue weighted by Crippen LogP contribution is 2.17. The van der Waals surface area contributed by atoms with Crippen molar-refractivity contribution >= 4 is 17.4 Å². The minimum Gasteiger partial charge on any atom is -0.334 e. The summed E-state index contributed by atoms with van der Waals surface area (Å²) in [6.45, 7) is 7.77. The van der Waals surface area contributed by atoms with Gasteiger partial charge in [-0.3, -0.25) is 4.79 Å². The zero-order chi connectivity index (χ0) is 13.1. The van der Waals surface area contributed by atoms with Gasteiger partial charge in [-0.25, -0.2) is 0 Å². The van der Waals surface area contributed by atoms with Crippen molar-refractivity contribution in [3.63, 3.8) is 0 Å². The third-order valence-corrected chi connectivity index (χ3v) is 4.13. The highest BCUT2D eigenvalue weighted by molar-refractivity contribution is 7.07. The molecule has 1 aromatic heterocycles. The third kappa shape index (κ3) is 2.87. The fourth-order valence-corrected chi connectivity index (χ4v) is 2.85. The topological polar surface area (TPSA) is 58.1 Å². The second-order valence-electron chi connectivity index (χ2n) is 5.03. The number of hydrogen-bond acceptors (Lipinski definition) is 5. The van der Waals surface area contributed by atoms with Crippen molar-refractivity contribution in [3.05, 3.63) is 10.6 Å². The van der Waals surface area contributed by atoms with Crippen molar-refractivity contribution in [2.45, 2.75) is 45.7 Å². The standard InChI is InChI=1S/C12H20N4OS/c1-8(2)16(7-10-5-4-6-13-10)12(17)11-9(3)14-15-18-11/h8,10,13H,4-7H2,1-3H3. The second kappa shape index (κ2) is 5.75. The fourth-order valence-electron chi connectivity index (χ4n) is 2.24. The van der Waals surface area contributed by atoms with E-state index in [1.807, 2.05) is 11.8 Å². The Kier molecular flexibility index (Phi) is 4.29. The Hall–Kier alpha value is -1.01. The molecule has 0 bridgehead atoms. The van der Waals surface area contributed by atoms with Gasteiger partial charge in [-0.2, -0.15) is 0 Å². The number of carbonyl (C=O) groups excluding carboxylic acids is 1. The van der Waals surface area contributed by atoms with Crippen LogP contribution in [0.3, 0.4) is 0 Å². The first-order valence-electron chi connectivity index (χ1n) is 6.43. The lowest BCUT2D eigenvalue weighted by molar-refractivity contribution is 0.0693. The lowest BCUT2D eigenvalue weighted by Gasteiger charge is -2.29. The molecular formula is C12H20N4OS. The number of aryl methyl sites for hydroxylation is 1. The van der Waals surface area contributed by atoms with Crippen LogP contribution in [0.5, 0.6) is 0 Å². The van der Waals surface area contributed by atoms with Gasteiger partial charge in [0.15, 0.2) is 0 Å². The van der Waals surface area contributed by atoms with Gasteiger partial charge in [-0.15, -0.1) is 5.10 Å². The Balaban J connectivity index is 2.09. The van der Waals surface area contributed by atoms with E-state index in [9.17, 15) is 4.79 Å². The van der Waals surface area contributed by atoms with Gasteiger partial charge in [-0.1, -0.05) is 4.49 Å². The molecule has 0 radical (unpaired) electrons. The molecule has 2 rings (SSSR count). The number of nitrogens with zero attached hydrogens (tertiary/aromatic N) is 3. The van der Waals surface area contributed by atoms with E-state index in [1.54, 1.807) is 0 Å². The van der Waals surface area contributed by atoms with E-state index in [-0.39, 0.29) is 11.9 Å². The average Bonchev–Trinajstić information content (AvgIpc) is 2.95. The van der Waals surface area contributed by atoms with Crippen molar-refractivity contribution in [3.8, 4) is 0 Å². The Morgan fingerprint density at radius 1 is 1.61 bits per heavy atom. The van der Waals surface area contributed by atoms with Crippen molar-refractivity contribution in [2.24, 2.45) is 0 Å². The lowest BCUT2D eigenvalue weighted by Crippen LogP contribution is -2.44. The Morgan fingerprint density at radius 2 is 2.39 bits per heavy atom. The molecule has 1 aliphatic heterocycles.